The number of rotatable bonds is 13. The Balaban J connectivity index is 3.06. The number of nitrogens with one attached hydrogen (secondary N) is 4. The van der Waals surface area contributed by atoms with Crippen LogP contribution in [0.15, 0.2) is 12.5 Å². The van der Waals surface area contributed by atoms with Gasteiger partial charge < -0.3 is 36.9 Å². The van der Waals surface area contributed by atoms with E-state index in [4.69, 9.17) is 5.73 Å². The van der Waals surface area contributed by atoms with Gasteiger partial charge in [0.1, 0.15) is 24.2 Å². The largest absolute Gasteiger partial charge is 0.480 e. The maximum Gasteiger partial charge on any atom is 0.327 e. The van der Waals surface area contributed by atoms with Crippen molar-refractivity contribution in [2.45, 2.75) is 63.9 Å². The molecule has 13 heteroatoms. The van der Waals surface area contributed by atoms with Gasteiger partial charge in [0, 0.05) is 24.1 Å². The van der Waals surface area contributed by atoms with Crippen LogP contribution in [0, 0.1) is 5.92 Å². The molecule has 12 nitrogen and oxygen atoms in total. The molecular formula is C19H32N6O6S. The van der Waals surface area contributed by atoms with Crippen LogP contribution in [0.3, 0.4) is 0 Å². The molecule has 0 spiro atoms. The van der Waals surface area contributed by atoms with Gasteiger partial charge in [-0.3, -0.25) is 14.4 Å². The highest BCUT2D eigenvalue weighted by Gasteiger charge is 2.33. The molecule has 0 aromatic carbocycles. The molecule has 8 N–H and O–H groups in total. The predicted molar refractivity (Wildman–Crippen MR) is 119 cm³/mol. The third kappa shape index (κ3) is 8.13. The number of carbonyl (C=O) groups is 4. The van der Waals surface area contributed by atoms with E-state index >= 15 is 0 Å². The van der Waals surface area contributed by atoms with E-state index in [1.807, 2.05) is 6.92 Å². The lowest BCUT2D eigenvalue weighted by Crippen LogP contribution is -2.60. The van der Waals surface area contributed by atoms with Crippen LogP contribution >= 0.6 is 12.6 Å². The van der Waals surface area contributed by atoms with E-state index < -0.39 is 54.0 Å². The molecule has 0 saturated carbocycles. The quantitative estimate of drug-likeness (QED) is 0.153. The van der Waals surface area contributed by atoms with E-state index in [0.29, 0.717) is 12.1 Å². The molecule has 1 aromatic rings. The zero-order valence-electron chi connectivity index (χ0n) is 18.2. The lowest BCUT2D eigenvalue weighted by molar-refractivity contribution is -0.141. The van der Waals surface area contributed by atoms with Gasteiger partial charge in [-0.2, -0.15) is 12.6 Å². The van der Waals surface area contributed by atoms with Gasteiger partial charge in [-0.25, -0.2) is 9.78 Å². The number of thiol groups is 1. The Morgan fingerprint density at radius 1 is 1.12 bits per heavy atom. The molecule has 0 fully saturated rings. The van der Waals surface area contributed by atoms with Crippen molar-refractivity contribution < 1.29 is 29.4 Å². The average molecular weight is 473 g/mol. The Bertz CT molecular complexity index is 774. The van der Waals surface area contributed by atoms with Crippen LogP contribution in [-0.2, 0) is 25.6 Å². The summed E-state index contributed by atoms with van der Waals surface area (Å²) < 4.78 is 0. The number of hydrogen-bond donors (Lipinski definition) is 8. The molecule has 1 aromatic heterocycles. The Hall–Kier alpha value is -2.64. The number of carbonyl (C=O) groups excluding carboxylic acids is 3. The van der Waals surface area contributed by atoms with Gasteiger partial charge in [0.25, 0.3) is 0 Å². The molecule has 1 heterocycles. The number of nitrogens with zero attached hydrogens (tertiary/aromatic N) is 1. The highest BCUT2D eigenvalue weighted by atomic mass is 32.1. The summed E-state index contributed by atoms with van der Waals surface area (Å²) >= 11 is 3.92. The lowest BCUT2D eigenvalue weighted by Gasteiger charge is -2.28. The van der Waals surface area contributed by atoms with E-state index in [0.717, 1.165) is 0 Å². The normalized spacial score (nSPS) is 16.7. The van der Waals surface area contributed by atoms with Crippen molar-refractivity contribution in [3.63, 3.8) is 0 Å². The number of aliphatic hydroxyl groups is 1. The number of amides is 3. The maximum atomic E-state index is 13.0. The fourth-order valence-electron chi connectivity index (χ4n) is 2.72. The second-order valence-electron chi connectivity index (χ2n) is 7.56. The molecule has 0 aliphatic heterocycles. The SMILES string of the molecule is CCC(C)C(NC(=O)C(N)C(C)O)C(=O)NC(Cc1cnc[nH]1)C(=O)NC(CS)C(=O)O. The topological polar surface area (TPSA) is 200 Å². The zero-order valence-corrected chi connectivity index (χ0v) is 19.1. The minimum absolute atomic E-state index is 0.00481. The lowest BCUT2D eigenvalue weighted by atomic mass is 9.97. The smallest absolute Gasteiger partial charge is 0.327 e. The summed E-state index contributed by atoms with van der Waals surface area (Å²) in [7, 11) is 0. The molecule has 0 aliphatic carbocycles. The van der Waals surface area contributed by atoms with Crippen molar-refractivity contribution in [1.82, 2.24) is 25.9 Å². The van der Waals surface area contributed by atoms with Gasteiger partial charge in [-0.05, 0) is 12.8 Å². The van der Waals surface area contributed by atoms with Crippen LogP contribution in [0.1, 0.15) is 32.9 Å². The third-order valence-corrected chi connectivity index (χ3v) is 5.39. The molecule has 0 saturated heterocycles. The Kier molecular flexibility index (Phi) is 11.2. The summed E-state index contributed by atoms with van der Waals surface area (Å²) in [6, 6.07) is -4.67. The van der Waals surface area contributed by atoms with Gasteiger partial charge in [0.05, 0.1) is 12.4 Å². The fourth-order valence-corrected chi connectivity index (χ4v) is 2.96. The number of aromatic nitrogens is 2. The van der Waals surface area contributed by atoms with Crippen LogP contribution in [0.2, 0.25) is 0 Å². The molecule has 0 radical (unpaired) electrons. The fraction of sp³-hybridized carbons (Fsp3) is 0.632. The highest BCUT2D eigenvalue weighted by Crippen LogP contribution is 2.10. The van der Waals surface area contributed by atoms with Gasteiger partial charge in [-0.15, -0.1) is 0 Å². The number of H-pyrrole nitrogens is 1. The van der Waals surface area contributed by atoms with E-state index in [2.05, 4.69) is 38.5 Å². The first-order chi connectivity index (χ1) is 15.0. The summed E-state index contributed by atoms with van der Waals surface area (Å²) in [6.45, 7) is 4.92. The van der Waals surface area contributed by atoms with E-state index in [9.17, 15) is 29.4 Å². The Morgan fingerprint density at radius 3 is 2.22 bits per heavy atom. The second kappa shape index (κ2) is 13.0. The monoisotopic (exact) mass is 472 g/mol. The van der Waals surface area contributed by atoms with E-state index in [-0.39, 0.29) is 18.1 Å². The van der Waals surface area contributed by atoms with Crippen LogP contribution < -0.4 is 21.7 Å². The number of nitrogens with two attached hydrogens (primary N) is 1. The summed E-state index contributed by atoms with van der Waals surface area (Å²) in [6.07, 6.45) is 2.28. The Morgan fingerprint density at radius 2 is 1.75 bits per heavy atom. The van der Waals surface area contributed by atoms with Crippen molar-refractivity contribution in [2.24, 2.45) is 11.7 Å². The molecule has 6 unspecified atom stereocenters. The molecule has 32 heavy (non-hydrogen) atoms. The molecular weight excluding hydrogens is 440 g/mol. The maximum absolute atomic E-state index is 13.0. The second-order valence-corrected chi connectivity index (χ2v) is 7.93. The van der Waals surface area contributed by atoms with Crippen LogP contribution in [-0.4, -0.2) is 79.9 Å². The minimum Gasteiger partial charge on any atom is -0.480 e. The molecule has 6 atom stereocenters. The molecule has 3 amide bonds. The van der Waals surface area contributed by atoms with E-state index in [1.54, 1.807) is 6.92 Å². The first-order valence-electron chi connectivity index (χ1n) is 10.2. The number of aliphatic hydroxyl groups excluding tert-OH is 1. The average Bonchev–Trinajstić information content (AvgIpc) is 3.26. The van der Waals surface area contributed by atoms with Crippen molar-refractivity contribution in [2.75, 3.05) is 5.75 Å². The number of carboxylic acids is 1. The highest BCUT2D eigenvalue weighted by molar-refractivity contribution is 7.80. The number of carboxylic acid groups (broad SMARTS) is 1. The third-order valence-electron chi connectivity index (χ3n) is 5.02. The van der Waals surface area contributed by atoms with Crippen LogP contribution in [0.4, 0.5) is 0 Å². The summed E-state index contributed by atoms with van der Waals surface area (Å²) in [4.78, 5) is 56.1. The van der Waals surface area contributed by atoms with Gasteiger partial charge in [0.15, 0.2) is 0 Å². The molecule has 0 bridgehead atoms. The minimum atomic E-state index is -1.27. The molecule has 180 valence electrons. The van der Waals surface area contributed by atoms with Crippen molar-refractivity contribution in [3.05, 3.63) is 18.2 Å². The standard InChI is InChI=1S/C19H32N6O6S/c1-4-9(2)15(25-17(28)14(20)10(3)26)18(29)23-12(5-11-6-21-8-22-11)16(27)24-13(7-32)19(30)31/h6,8-10,12-15,26,32H,4-5,7,20H2,1-3H3,(H,21,22)(H,23,29)(H,24,27)(H,25,28)(H,30,31). The summed E-state index contributed by atoms with van der Waals surface area (Å²) in [5.74, 6) is -3.82. The van der Waals surface area contributed by atoms with Gasteiger partial charge >= 0.3 is 5.97 Å². The first kappa shape index (κ1) is 27.4. The number of aromatic amines is 1. The summed E-state index contributed by atoms with van der Waals surface area (Å²) in [5.41, 5.74) is 6.19. The molecule has 0 aliphatic rings. The van der Waals surface area contributed by atoms with Gasteiger partial charge in [0.2, 0.25) is 17.7 Å². The number of hydrogen-bond acceptors (Lipinski definition) is 8. The predicted octanol–water partition coefficient (Wildman–Crippen LogP) is -1.82. The Labute approximate surface area is 191 Å². The van der Waals surface area contributed by atoms with Crippen molar-refractivity contribution >= 4 is 36.3 Å². The molecule has 1 rings (SSSR count). The van der Waals surface area contributed by atoms with Crippen LogP contribution in [0.25, 0.3) is 0 Å². The van der Waals surface area contributed by atoms with Crippen LogP contribution in [0.5, 0.6) is 0 Å². The van der Waals surface area contributed by atoms with E-state index in [1.165, 1.54) is 19.4 Å². The number of imidazole rings is 1. The first-order valence-corrected chi connectivity index (χ1v) is 10.8. The number of aliphatic carboxylic acids is 1. The van der Waals surface area contributed by atoms with Crippen molar-refractivity contribution in [3.8, 4) is 0 Å². The summed E-state index contributed by atoms with van der Waals surface area (Å²) in [5, 5.41) is 26.2. The van der Waals surface area contributed by atoms with Crippen molar-refractivity contribution in [1.29, 1.82) is 0 Å². The van der Waals surface area contributed by atoms with Gasteiger partial charge in [-0.1, -0.05) is 20.3 Å². The zero-order chi connectivity index (χ0) is 24.4.